The minimum Gasteiger partial charge on any atom is -0.289 e. The summed E-state index contributed by atoms with van der Waals surface area (Å²) in [4.78, 5) is 0. The van der Waals surface area contributed by atoms with E-state index >= 15 is 0 Å². The molecule has 17 heavy (non-hydrogen) atoms. The Morgan fingerprint density at radius 2 is 1.47 bits per heavy atom. The molecule has 0 aliphatic heterocycles. The van der Waals surface area contributed by atoms with Crippen LogP contribution in [0.3, 0.4) is 0 Å². The van der Waals surface area contributed by atoms with E-state index < -0.39 is 11.3 Å². The van der Waals surface area contributed by atoms with Crippen molar-refractivity contribution >= 4 is 17.0 Å². The van der Waals surface area contributed by atoms with Crippen LogP contribution < -0.4 is 4.31 Å². The predicted molar refractivity (Wildman–Crippen MR) is 69.8 cm³/mol. The Morgan fingerprint density at radius 3 is 2.00 bits per heavy atom. The molecule has 88 valence electrons. The van der Waals surface area contributed by atoms with Gasteiger partial charge in [0.15, 0.2) is 0 Å². The number of anilines is 1. The zero-order chi connectivity index (χ0) is 12.1. The second kappa shape index (κ2) is 5.61. The third-order valence-corrected chi connectivity index (χ3v) is 3.12. The summed E-state index contributed by atoms with van der Waals surface area (Å²) in [6.45, 7) is 0.411. The first kappa shape index (κ1) is 11.8. The van der Waals surface area contributed by atoms with Crippen molar-refractivity contribution in [2.24, 2.45) is 0 Å². The van der Waals surface area contributed by atoms with Gasteiger partial charge in [0.1, 0.15) is 0 Å². The summed E-state index contributed by atoms with van der Waals surface area (Å²) in [5.41, 5.74) is 1.73. The van der Waals surface area contributed by atoms with Crippen LogP contribution in [0, 0.1) is 0 Å². The quantitative estimate of drug-likeness (QED) is 0.844. The molecule has 0 spiro atoms. The van der Waals surface area contributed by atoms with E-state index in [0.717, 1.165) is 11.3 Å². The van der Waals surface area contributed by atoms with Crippen molar-refractivity contribution in [2.75, 3.05) is 4.31 Å². The molecule has 2 rings (SSSR count). The van der Waals surface area contributed by atoms with E-state index in [1.807, 2.05) is 60.7 Å². The van der Waals surface area contributed by atoms with Crippen molar-refractivity contribution in [1.82, 2.24) is 0 Å². The summed E-state index contributed by atoms with van der Waals surface area (Å²) < 4.78 is 22.1. The molecule has 1 N–H and O–H groups in total. The van der Waals surface area contributed by atoms with Gasteiger partial charge < -0.3 is 0 Å². The fourth-order valence-corrected chi connectivity index (χ4v) is 2.14. The number of para-hydroxylation sites is 1. The van der Waals surface area contributed by atoms with Gasteiger partial charge in [-0.3, -0.25) is 8.86 Å². The van der Waals surface area contributed by atoms with Gasteiger partial charge in [-0.1, -0.05) is 48.5 Å². The van der Waals surface area contributed by atoms with E-state index in [1.165, 1.54) is 4.31 Å². The van der Waals surface area contributed by atoms with Gasteiger partial charge in [0.25, 0.3) is 11.3 Å². The smallest absolute Gasteiger partial charge is 0.262 e. The number of hydrogen-bond acceptors (Lipinski definition) is 1. The molecule has 3 nitrogen and oxygen atoms in total. The summed E-state index contributed by atoms with van der Waals surface area (Å²) in [5.74, 6) is 0. The second-order valence-corrected chi connectivity index (χ2v) is 4.49. The average molecular weight is 247 g/mol. The zero-order valence-electron chi connectivity index (χ0n) is 9.19. The molecule has 0 radical (unpaired) electrons. The second-order valence-electron chi connectivity index (χ2n) is 3.59. The summed E-state index contributed by atoms with van der Waals surface area (Å²) in [6.07, 6.45) is 0. The van der Waals surface area contributed by atoms with Crippen LogP contribution in [-0.4, -0.2) is 8.76 Å². The van der Waals surface area contributed by atoms with E-state index in [1.54, 1.807) is 0 Å². The Labute approximate surface area is 103 Å². The Morgan fingerprint density at radius 1 is 0.941 bits per heavy atom. The number of benzene rings is 2. The van der Waals surface area contributed by atoms with Crippen molar-refractivity contribution < 1.29 is 8.76 Å². The first-order valence-electron chi connectivity index (χ1n) is 5.25. The molecule has 0 aliphatic rings. The molecule has 0 heterocycles. The van der Waals surface area contributed by atoms with Gasteiger partial charge in [-0.15, -0.1) is 0 Å². The van der Waals surface area contributed by atoms with Gasteiger partial charge in [-0.2, -0.15) is 0 Å². The van der Waals surface area contributed by atoms with Gasteiger partial charge in [0.2, 0.25) is 0 Å². The molecule has 2 aromatic rings. The first-order chi connectivity index (χ1) is 8.27. The van der Waals surface area contributed by atoms with E-state index in [0.29, 0.717) is 6.54 Å². The zero-order valence-corrected chi connectivity index (χ0v) is 10.0. The van der Waals surface area contributed by atoms with Gasteiger partial charge >= 0.3 is 0 Å². The van der Waals surface area contributed by atoms with Gasteiger partial charge in [0.05, 0.1) is 12.2 Å². The van der Waals surface area contributed by atoms with Crippen molar-refractivity contribution in [2.45, 2.75) is 6.54 Å². The average Bonchev–Trinajstić information content (AvgIpc) is 2.38. The third-order valence-electron chi connectivity index (χ3n) is 2.40. The summed E-state index contributed by atoms with van der Waals surface area (Å²) in [5, 5.41) is 0. The number of hydrogen-bond donors (Lipinski definition) is 1. The van der Waals surface area contributed by atoms with Crippen molar-refractivity contribution in [1.29, 1.82) is 0 Å². The standard InChI is InChI=1S/C13H13NO2S/c15-17(16)14(13-9-5-2-6-10-13)11-12-7-3-1-4-8-12/h1-10H,11H2,(H,15,16). The minimum absolute atomic E-state index is 0.411. The highest BCUT2D eigenvalue weighted by molar-refractivity contribution is 7.80. The Hall–Kier alpha value is -1.65. The summed E-state index contributed by atoms with van der Waals surface area (Å²) >= 11 is -2.02. The van der Waals surface area contributed by atoms with E-state index in [4.69, 9.17) is 0 Å². The van der Waals surface area contributed by atoms with Crippen molar-refractivity contribution in [3.05, 3.63) is 66.2 Å². The monoisotopic (exact) mass is 247 g/mol. The maximum Gasteiger partial charge on any atom is 0.262 e. The minimum atomic E-state index is -2.02. The van der Waals surface area contributed by atoms with Crippen LogP contribution in [0.2, 0.25) is 0 Å². The highest BCUT2D eigenvalue weighted by Gasteiger charge is 2.11. The van der Waals surface area contributed by atoms with E-state index in [-0.39, 0.29) is 0 Å². The molecule has 2 aromatic carbocycles. The van der Waals surface area contributed by atoms with E-state index in [2.05, 4.69) is 0 Å². The largest absolute Gasteiger partial charge is 0.289 e. The fraction of sp³-hybridized carbons (Fsp3) is 0.0769. The topological polar surface area (TPSA) is 40.5 Å². The maximum absolute atomic E-state index is 11.3. The Bertz CT molecular complexity index is 487. The molecule has 0 aliphatic carbocycles. The van der Waals surface area contributed by atoms with Gasteiger partial charge in [-0.25, -0.2) is 4.21 Å². The van der Waals surface area contributed by atoms with Crippen LogP contribution >= 0.6 is 0 Å². The molecule has 1 atom stereocenters. The van der Waals surface area contributed by atoms with Gasteiger partial charge in [-0.05, 0) is 17.7 Å². The highest BCUT2D eigenvalue weighted by atomic mass is 32.2. The maximum atomic E-state index is 11.3. The summed E-state index contributed by atoms with van der Waals surface area (Å²) in [6, 6.07) is 18.8. The van der Waals surface area contributed by atoms with Crippen molar-refractivity contribution in [3.8, 4) is 0 Å². The van der Waals surface area contributed by atoms with E-state index in [9.17, 15) is 8.76 Å². The lowest BCUT2D eigenvalue weighted by molar-refractivity contribution is 0.558. The lowest BCUT2D eigenvalue weighted by Crippen LogP contribution is -2.24. The molecule has 0 bridgehead atoms. The molecular weight excluding hydrogens is 234 g/mol. The van der Waals surface area contributed by atoms with Crippen LogP contribution in [0.4, 0.5) is 5.69 Å². The fourth-order valence-electron chi connectivity index (χ4n) is 1.58. The number of nitrogens with zero attached hydrogens (tertiary/aromatic N) is 1. The number of rotatable bonds is 4. The van der Waals surface area contributed by atoms with Crippen LogP contribution in [0.25, 0.3) is 0 Å². The molecule has 4 heteroatoms. The van der Waals surface area contributed by atoms with Crippen LogP contribution in [0.15, 0.2) is 60.7 Å². The molecule has 0 saturated carbocycles. The van der Waals surface area contributed by atoms with Crippen LogP contribution in [-0.2, 0) is 17.8 Å². The van der Waals surface area contributed by atoms with Gasteiger partial charge in [0, 0.05) is 0 Å². The lowest BCUT2D eigenvalue weighted by Gasteiger charge is -2.19. The predicted octanol–water partition coefficient (Wildman–Crippen LogP) is 2.83. The van der Waals surface area contributed by atoms with Crippen LogP contribution in [0.5, 0.6) is 0 Å². The Balaban J connectivity index is 2.23. The normalized spacial score (nSPS) is 12.1. The first-order valence-corrected chi connectivity index (χ1v) is 6.31. The molecule has 1 unspecified atom stereocenters. The molecule has 0 saturated heterocycles. The lowest BCUT2D eigenvalue weighted by atomic mass is 10.2. The third kappa shape index (κ3) is 3.15. The SMILES string of the molecule is O=S(O)N(Cc1ccccc1)c1ccccc1. The Kier molecular flexibility index (Phi) is 3.90. The molecule has 0 amide bonds. The highest BCUT2D eigenvalue weighted by Crippen LogP contribution is 2.17. The molecule has 0 aromatic heterocycles. The molecular formula is C13H13NO2S. The van der Waals surface area contributed by atoms with Crippen molar-refractivity contribution in [3.63, 3.8) is 0 Å². The van der Waals surface area contributed by atoms with Crippen LogP contribution in [0.1, 0.15) is 5.56 Å². The molecule has 0 fully saturated rings. The summed E-state index contributed by atoms with van der Waals surface area (Å²) in [7, 11) is 0.